The summed E-state index contributed by atoms with van der Waals surface area (Å²) in [6, 6.07) is 3.85. The van der Waals surface area contributed by atoms with Crippen molar-refractivity contribution in [1.82, 2.24) is 9.80 Å². The first-order valence-corrected chi connectivity index (χ1v) is 8.40. The van der Waals surface area contributed by atoms with Gasteiger partial charge >= 0.3 is 0 Å². The summed E-state index contributed by atoms with van der Waals surface area (Å²) >= 11 is 1.52. The van der Waals surface area contributed by atoms with Gasteiger partial charge in [0.25, 0.3) is 11.8 Å². The lowest BCUT2D eigenvalue weighted by molar-refractivity contribution is -0.137. The molecule has 3 rings (SSSR count). The summed E-state index contributed by atoms with van der Waals surface area (Å²) in [5, 5.41) is 1.95. The predicted molar refractivity (Wildman–Crippen MR) is 83.6 cm³/mol. The molecule has 112 valence electrons. The minimum Gasteiger partial charge on any atom is -0.366 e. The van der Waals surface area contributed by atoms with E-state index in [2.05, 4.69) is 11.8 Å². The van der Waals surface area contributed by atoms with Crippen LogP contribution < -0.4 is 0 Å². The van der Waals surface area contributed by atoms with Crippen molar-refractivity contribution in [3.8, 4) is 0 Å². The smallest absolute Gasteiger partial charge is 0.277 e. The van der Waals surface area contributed by atoms with Crippen molar-refractivity contribution < 1.29 is 9.59 Å². The van der Waals surface area contributed by atoms with Crippen LogP contribution in [-0.4, -0.2) is 41.2 Å². The number of amides is 2. The van der Waals surface area contributed by atoms with E-state index >= 15 is 0 Å². The van der Waals surface area contributed by atoms with Gasteiger partial charge in [-0.1, -0.05) is 13.0 Å². The molecule has 1 aromatic rings. The monoisotopic (exact) mass is 304 g/mol. The molecule has 2 aliphatic heterocycles. The standard InChI is InChI=1S/C16H20N2O2S/c1-3-18-15(19)13(12-7-5-9-21-12)14(16(18)20)17-8-4-6-11(2)10-17/h5,7,9,11H,3-4,6,8,10H2,1-2H3. The molecule has 5 heteroatoms. The van der Waals surface area contributed by atoms with Gasteiger partial charge in [-0.2, -0.15) is 0 Å². The summed E-state index contributed by atoms with van der Waals surface area (Å²) < 4.78 is 0. The number of hydrogen-bond acceptors (Lipinski definition) is 4. The van der Waals surface area contributed by atoms with Gasteiger partial charge in [0.1, 0.15) is 5.70 Å². The largest absolute Gasteiger partial charge is 0.366 e. The van der Waals surface area contributed by atoms with Gasteiger partial charge in [0.05, 0.1) is 5.57 Å². The van der Waals surface area contributed by atoms with Crippen molar-refractivity contribution in [1.29, 1.82) is 0 Å². The molecule has 0 N–H and O–H groups in total. The quantitative estimate of drug-likeness (QED) is 0.806. The van der Waals surface area contributed by atoms with Gasteiger partial charge in [-0.05, 0) is 37.1 Å². The van der Waals surface area contributed by atoms with Gasteiger partial charge in [-0.25, -0.2) is 0 Å². The normalized spacial score (nSPS) is 23.4. The highest BCUT2D eigenvalue weighted by atomic mass is 32.1. The highest BCUT2D eigenvalue weighted by molar-refractivity contribution is 7.11. The Morgan fingerprint density at radius 2 is 2.14 bits per heavy atom. The summed E-state index contributed by atoms with van der Waals surface area (Å²) in [6.07, 6.45) is 2.27. The Bertz CT molecular complexity index is 591. The number of carbonyl (C=O) groups excluding carboxylic acids is 2. The Morgan fingerprint density at radius 1 is 1.33 bits per heavy atom. The molecule has 0 radical (unpaired) electrons. The molecule has 1 aromatic heterocycles. The summed E-state index contributed by atoms with van der Waals surface area (Å²) in [5.74, 6) is 0.299. The molecule has 0 spiro atoms. The molecule has 4 nitrogen and oxygen atoms in total. The van der Waals surface area contributed by atoms with Crippen LogP contribution in [0.25, 0.3) is 5.57 Å². The second-order valence-corrected chi connectivity index (χ2v) is 6.70. The number of hydrogen-bond donors (Lipinski definition) is 0. The highest BCUT2D eigenvalue weighted by Crippen LogP contribution is 2.35. The van der Waals surface area contributed by atoms with Crippen LogP contribution in [0.1, 0.15) is 31.6 Å². The number of likely N-dealkylation sites (N-methyl/N-ethyl adjacent to an activating group) is 1. The second-order valence-electron chi connectivity index (χ2n) is 5.75. The van der Waals surface area contributed by atoms with E-state index in [1.54, 1.807) is 0 Å². The Balaban J connectivity index is 2.06. The zero-order valence-corrected chi connectivity index (χ0v) is 13.3. The average Bonchev–Trinajstić information content (AvgIpc) is 3.05. The molecule has 1 atom stereocenters. The number of likely N-dealkylation sites (tertiary alicyclic amines) is 1. The SMILES string of the molecule is CCN1C(=O)C(c2cccs2)=C(N2CCCC(C)C2)C1=O. The van der Waals surface area contributed by atoms with Crippen LogP contribution in [-0.2, 0) is 9.59 Å². The Hall–Kier alpha value is -1.62. The van der Waals surface area contributed by atoms with Crippen LogP contribution in [0, 0.1) is 5.92 Å². The fourth-order valence-corrected chi connectivity index (χ4v) is 3.94. The number of imide groups is 1. The fraction of sp³-hybridized carbons (Fsp3) is 0.500. The Labute approximate surface area is 129 Å². The molecule has 21 heavy (non-hydrogen) atoms. The van der Waals surface area contributed by atoms with Gasteiger partial charge in [-0.3, -0.25) is 14.5 Å². The van der Waals surface area contributed by atoms with Crippen LogP contribution >= 0.6 is 11.3 Å². The van der Waals surface area contributed by atoms with E-state index in [4.69, 9.17) is 0 Å². The van der Waals surface area contributed by atoms with E-state index in [0.29, 0.717) is 23.7 Å². The first-order valence-electron chi connectivity index (χ1n) is 7.52. The molecule has 0 aliphatic carbocycles. The van der Waals surface area contributed by atoms with E-state index in [1.165, 1.54) is 22.7 Å². The number of rotatable bonds is 3. The summed E-state index contributed by atoms with van der Waals surface area (Å²) in [6.45, 7) is 6.21. The summed E-state index contributed by atoms with van der Waals surface area (Å²) in [4.78, 5) is 29.7. The molecule has 1 unspecified atom stereocenters. The van der Waals surface area contributed by atoms with Gasteiger partial charge in [-0.15, -0.1) is 11.3 Å². The topological polar surface area (TPSA) is 40.6 Å². The number of piperidine rings is 1. The minimum absolute atomic E-state index is 0.125. The molecule has 1 fully saturated rings. The molecular weight excluding hydrogens is 284 g/mol. The Kier molecular flexibility index (Phi) is 3.85. The lowest BCUT2D eigenvalue weighted by Crippen LogP contribution is -2.39. The van der Waals surface area contributed by atoms with Crippen LogP contribution in [0.2, 0.25) is 0 Å². The number of nitrogens with zero attached hydrogens (tertiary/aromatic N) is 2. The maximum absolute atomic E-state index is 12.7. The van der Waals surface area contributed by atoms with Gasteiger partial charge in [0, 0.05) is 24.5 Å². The van der Waals surface area contributed by atoms with Crippen LogP contribution in [0.3, 0.4) is 0 Å². The first-order chi connectivity index (χ1) is 10.1. The van der Waals surface area contributed by atoms with E-state index in [0.717, 1.165) is 24.4 Å². The van der Waals surface area contributed by atoms with E-state index in [9.17, 15) is 9.59 Å². The van der Waals surface area contributed by atoms with Crippen molar-refractivity contribution >= 4 is 28.7 Å². The first kappa shape index (κ1) is 14.3. The van der Waals surface area contributed by atoms with Crippen molar-refractivity contribution in [2.24, 2.45) is 5.92 Å². The maximum atomic E-state index is 12.7. The molecule has 0 saturated carbocycles. The van der Waals surface area contributed by atoms with E-state index in [-0.39, 0.29) is 11.8 Å². The third-order valence-corrected chi connectivity index (χ3v) is 5.09. The van der Waals surface area contributed by atoms with Gasteiger partial charge in [0.2, 0.25) is 0 Å². The van der Waals surface area contributed by atoms with Gasteiger partial charge < -0.3 is 4.90 Å². The lowest BCUT2D eigenvalue weighted by Gasteiger charge is -2.33. The molecule has 2 amide bonds. The van der Waals surface area contributed by atoms with Crippen molar-refractivity contribution in [2.75, 3.05) is 19.6 Å². The van der Waals surface area contributed by atoms with E-state index in [1.807, 2.05) is 24.4 Å². The summed E-state index contributed by atoms with van der Waals surface area (Å²) in [7, 11) is 0. The zero-order chi connectivity index (χ0) is 15.0. The summed E-state index contributed by atoms with van der Waals surface area (Å²) in [5.41, 5.74) is 1.22. The molecule has 2 aliphatic rings. The van der Waals surface area contributed by atoms with Crippen LogP contribution in [0.5, 0.6) is 0 Å². The van der Waals surface area contributed by atoms with Crippen LogP contribution in [0.4, 0.5) is 0 Å². The molecule has 1 saturated heterocycles. The van der Waals surface area contributed by atoms with E-state index < -0.39 is 0 Å². The van der Waals surface area contributed by atoms with Gasteiger partial charge in [0.15, 0.2) is 0 Å². The van der Waals surface area contributed by atoms with Crippen molar-refractivity contribution in [2.45, 2.75) is 26.7 Å². The number of thiophene rings is 1. The second kappa shape index (κ2) is 5.64. The molecule has 0 aromatic carbocycles. The third-order valence-electron chi connectivity index (χ3n) is 4.20. The highest BCUT2D eigenvalue weighted by Gasteiger charge is 2.41. The Morgan fingerprint density at radius 3 is 2.76 bits per heavy atom. The fourth-order valence-electron chi connectivity index (χ4n) is 3.18. The number of carbonyl (C=O) groups is 2. The zero-order valence-electron chi connectivity index (χ0n) is 12.5. The predicted octanol–water partition coefficient (Wildman–Crippen LogP) is 2.58. The van der Waals surface area contributed by atoms with Crippen LogP contribution in [0.15, 0.2) is 23.2 Å². The third kappa shape index (κ3) is 2.39. The van der Waals surface area contributed by atoms with Crippen molar-refractivity contribution in [3.63, 3.8) is 0 Å². The lowest BCUT2D eigenvalue weighted by atomic mass is 9.99. The molecule has 0 bridgehead atoms. The average molecular weight is 304 g/mol. The molecule has 3 heterocycles. The van der Waals surface area contributed by atoms with Crippen molar-refractivity contribution in [3.05, 3.63) is 28.1 Å². The molecular formula is C16H20N2O2S. The maximum Gasteiger partial charge on any atom is 0.277 e. The minimum atomic E-state index is -0.141.